The van der Waals surface area contributed by atoms with Gasteiger partial charge in [-0.05, 0) is 55.6 Å². The van der Waals surface area contributed by atoms with Gasteiger partial charge in [0.15, 0.2) is 5.82 Å². The summed E-state index contributed by atoms with van der Waals surface area (Å²) in [5.41, 5.74) is 3.99. The number of halogens is 1. The number of nitrogens with one attached hydrogen (secondary N) is 1. The molecule has 7 nitrogen and oxygen atoms in total. The van der Waals surface area contributed by atoms with Crippen LogP contribution in [-0.2, 0) is 16.6 Å². The van der Waals surface area contributed by atoms with E-state index in [0.29, 0.717) is 11.3 Å². The Morgan fingerprint density at radius 1 is 1.32 bits per heavy atom. The fourth-order valence-corrected chi connectivity index (χ4v) is 6.14. The Kier molecular flexibility index (Phi) is 6.29. The van der Waals surface area contributed by atoms with Crippen molar-refractivity contribution in [3.05, 3.63) is 51.0 Å². The highest BCUT2D eigenvalue weighted by atomic mass is 32.2. The van der Waals surface area contributed by atoms with Crippen LogP contribution < -0.4 is 9.62 Å². The van der Waals surface area contributed by atoms with Crippen LogP contribution in [0.5, 0.6) is 0 Å². The predicted octanol–water partition coefficient (Wildman–Crippen LogP) is 3.87. The highest BCUT2D eigenvalue weighted by Gasteiger charge is 2.29. The van der Waals surface area contributed by atoms with Gasteiger partial charge in [-0.2, -0.15) is 4.37 Å². The Bertz CT molecular complexity index is 1160. The van der Waals surface area contributed by atoms with Crippen LogP contribution in [-0.4, -0.2) is 48.9 Å². The monoisotopic (exact) mass is 481 g/mol. The van der Waals surface area contributed by atoms with Gasteiger partial charge in [0.2, 0.25) is 0 Å². The maximum absolute atomic E-state index is 14.9. The number of sulfonamides is 1. The fraction of sp³-hybridized carbons (Fsp3) is 0.400. The number of thiazole rings is 1. The van der Waals surface area contributed by atoms with Crippen LogP contribution >= 0.6 is 22.9 Å². The Balaban J connectivity index is 1.49. The lowest BCUT2D eigenvalue weighted by Gasteiger charge is -2.29. The van der Waals surface area contributed by atoms with Gasteiger partial charge >= 0.3 is 0 Å². The maximum atomic E-state index is 14.9. The van der Waals surface area contributed by atoms with Crippen LogP contribution in [0.15, 0.2) is 34.0 Å². The highest BCUT2D eigenvalue weighted by Crippen LogP contribution is 2.30. The molecule has 1 N–H and O–H groups in total. The minimum Gasteiger partial charge on any atom is -0.370 e. The molecule has 1 unspecified atom stereocenters. The molecule has 3 heterocycles. The molecule has 1 saturated heterocycles. The summed E-state index contributed by atoms with van der Waals surface area (Å²) >= 11 is 2.77. The molecule has 1 atom stereocenters. The van der Waals surface area contributed by atoms with E-state index in [2.05, 4.69) is 36.9 Å². The zero-order valence-corrected chi connectivity index (χ0v) is 20.0. The number of aromatic nitrogens is 2. The van der Waals surface area contributed by atoms with Crippen LogP contribution in [0.4, 0.5) is 15.9 Å². The fourth-order valence-electron chi connectivity index (χ4n) is 3.88. The van der Waals surface area contributed by atoms with E-state index in [1.807, 2.05) is 7.05 Å². The second-order valence-corrected chi connectivity index (χ2v) is 11.1. The summed E-state index contributed by atoms with van der Waals surface area (Å²) < 4.78 is 46.9. The van der Waals surface area contributed by atoms with E-state index < -0.39 is 15.8 Å². The van der Waals surface area contributed by atoms with E-state index in [0.717, 1.165) is 31.7 Å². The Morgan fingerprint density at radius 3 is 2.81 bits per heavy atom. The van der Waals surface area contributed by atoms with Crippen molar-refractivity contribution in [1.29, 1.82) is 0 Å². The normalized spacial score (nSPS) is 17.2. The van der Waals surface area contributed by atoms with Crippen LogP contribution in [0.1, 0.15) is 22.6 Å². The summed E-state index contributed by atoms with van der Waals surface area (Å²) in [4.78, 5) is 9.13. The van der Waals surface area contributed by atoms with Crippen LogP contribution in [0.2, 0.25) is 0 Å². The van der Waals surface area contributed by atoms with Crippen molar-refractivity contribution >= 4 is 44.4 Å². The molecule has 1 aromatic carbocycles. The number of likely N-dealkylation sites (N-methyl/N-ethyl adjacent to an activating group) is 1. The molecule has 0 spiro atoms. The van der Waals surface area contributed by atoms with Crippen LogP contribution in [0.3, 0.4) is 0 Å². The quantitative estimate of drug-likeness (QED) is 0.552. The van der Waals surface area contributed by atoms with Crippen molar-refractivity contribution < 1.29 is 12.8 Å². The van der Waals surface area contributed by atoms with E-state index >= 15 is 0 Å². The third kappa shape index (κ3) is 4.89. The van der Waals surface area contributed by atoms with E-state index in [9.17, 15) is 12.8 Å². The first-order valence-corrected chi connectivity index (χ1v) is 13.0. The predicted molar refractivity (Wildman–Crippen MR) is 123 cm³/mol. The Morgan fingerprint density at radius 2 is 2.13 bits per heavy atom. The Hall–Kier alpha value is -2.08. The second-order valence-electron chi connectivity index (χ2n) is 7.77. The molecule has 2 aromatic heterocycles. The summed E-state index contributed by atoms with van der Waals surface area (Å²) in [6, 6.07) is 5.03. The zero-order valence-electron chi connectivity index (χ0n) is 17.5. The molecule has 0 amide bonds. The molecule has 4 rings (SSSR count). The third-order valence-corrected chi connectivity index (χ3v) is 8.14. The molecule has 1 aliphatic heterocycles. The van der Waals surface area contributed by atoms with E-state index in [4.69, 9.17) is 0 Å². The van der Waals surface area contributed by atoms with Gasteiger partial charge in [-0.15, -0.1) is 11.3 Å². The summed E-state index contributed by atoms with van der Waals surface area (Å²) in [7, 11) is -2.12. The number of benzene rings is 1. The molecular weight excluding hydrogens is 457 g/mol. The number of nitrogens with zero attached hydrogens (tertiary/aromatic N) is 4. The first kappa shape index (κ1) is 22.1. The van der Waals surface area contributed by atoms with Gasteiger partial charge in [0.05, 0.1) is 11.2 Å². The number of hydrogen-bond acceptors (Lipinski definition) is 8. The molecule has 0 aliphatic carbocycles. The number of likely N-dealkylation sites (tertiary alicyclic amines) is 1. The molecule has 166 valence electrons. The zero-order chi connectivity index (χ0) is 22.2. The summed E-state index contributed by atoms with van der Waals surface area (Å²) in [5.74, 6) is -0.590. The lowest BCUT2D eigenvalue weighted by Crippen LogP contribution is -2.35. The largest absolute Gasteiger partial charge is 0.370 e. The van der Waals surface area contributed by atoms with Gasteiger partial charge in [-0.3, -0.25) is 9.62 Å². The molecule has 1 aliphatic rings. The summed E-state index contributed by atoms with van der Waals surface area (Å²) in [6.45, 7) is 6.45. The molecule has 0 saturated carbocycles. The SMILES string of the molecule is Cc1cc(CN2CCC(N(C)c3cc(F)c(S(=O)(=O)Nc4cscn4)cc3C)C2)ns1. The van der Waals surface area contributed by atoms with Crippen LogP contribution in [0, 0.1) is 19.7 Å². The molecule has 3 aromatic rings. The van der Waals surface area contributed by atoms with Crippen molar-refractivity contribution in [2.75, 3.05) is 29.8 Å². The van der Waals surface area contributed by atoms with E-state index in [1.165, 1.54) is 45.4 Å². The summed E-state index contributed by atoms with van der Waals surface area (Å²) in [5, 5.41) is 1.56. The first-order chi connectivity index (χ1) is 14.7. The van der Waals surface area contributed by atoms with Gasteiger partial charge in [-0.25, -0.2) is 17.8 Å². The molecule has 1 fully saturated rings. The molecular formula is C20H24FN5O2S3. The number of hydrogen-bond donors (Lipinski definition) is 1. The average Bonchev–Trinajstić information content (AvgIpc) is 3.46. The number of rotatable bonds is 7. The topological polar surface area (TPSA) is 78.4 Å². The summed E-state index contributed by atoms with van der Waals surface area (Å²) in [6.07, 6.45) is 0.951. The van der Waals surface area contributed by atoms with Crippen molar-refractivity contribution in [3.8, 4) is 0 Å². The third-order valence-electron chi connectivity index (χ3n) is 5.45. The van der Waals surface area contributed by atoms with E-state index in [1.54, 1.807) is 12.3 Å². The van der Waals surface area contributed by atoms with Gasteiger partial charge < -0.3 is 4.90 Å². The van der Waals surface area contributed by atoms with Gasteiger partial charge in [0, 0.05) is 48.7 Å². The standard InChI is InChI=1S/C20H24FN5O2S3/c1-13-6-19(31(27,28)24-20-11-29-12-22-20)17(21)8-18(13)25(3)16-4-5-26(10-16)9-15-7-14(2)30-23-15/h6-8,11-12,16,24H,4-5,9-10H2,1-3H3. The second kappa shape index (κ2) is 8.81. The Labute approximate surface area is 189 Å². The highest BCUT2D eigenvalue weighted by molar-refractivity contribution is 7.92. The number of anilines is 2. The molecule has 0 bridgehead atoms. The number of aryl methyl sites for hydroxylation is 2. The minimum absolute atomic E-state index is 0.185. The van der Waals surface area contributed by atoms with Crippen molar-refractivity contribution in [2.45, 2.75) is 37.8 Å². The lowest BCUT2D eigenvalue weighted by molar-refractivity contribution is 0.323. The van der Waals surface area contributed by atoms with Gasteiger partial charge in [0.25, 0.3) is 10.0 Å². The molecule has 11 heteroatoms. The van der Waals surface area contributed by atoms with Gasteiger partial charge in [0.1, 0.15) is 10.7 Å². The van der Waals surface area contributed by atoms with Crippen molar-refractivity contribution in [3.63, 3.8) is 0 Å². The molecule has 31 heavy (non-hydrogen) atoms. The lowest BCUT2D eigenvalue weighted by atomic mass is 10.1. The smallest absolute Gasteiger partial charge is 0.266 e. The van der Waals surface area contributed by atoms with Crippen LogP contribution in [0.25, 0.3) is 0 Å². The minimum atomic E-state index is -4.05. The van der Waals surface area contributed by atoms with Crippen molar-refractivity contribution in [1.82, 2.24) is 14.3 Å². The average molecular weight is 482 g/mol. The van der Waals surface area contributed by atoms with E-state index in [-0.39, 0.29) is 16.8 Å². The van der Waals surface area contributed by atoms with Crippen molar-refractivity contribution in [2.24, 2.45) is 0 Å². The first-order valence-electron chi connectivity index (χ1n) is 9.81. The molecule has 0 radical (unpaired) electrons. The maximum Gasteiger partial charge on any atom is 0.266 e. The van der Waals surface area contributed by atoms with Gasteiger partial charge in [-0.1, -0.05) is 0 Å².